The summed E-state index contributed by atoms with van der Waals surface area (Å²) >= 11 is 5.70. The van der Waals surface area contributed by atoms with E-state index in [9.17, 15) is 4.79 Å². The molecule has 2 atom stereocenters. The average Bonchev–Trinajstić information content (AvgIpc) is 3.16. The monoisotopic (exact) mass is 298 g/mol. The van der Waals surface area contributed by atoms with Gasteiger partial charge in [0.25, 0.3) is 5.91 Å². The van der Waals surface area contributed by atoms with Crippen LogP contribution < -0.4 is 5.32 Å². The molecule has 0 spiro atoms. The van der Waals surface area contributed by atoms with Crippen LogP contribution >= 0.6 is 11.6 Å². The van der Waals surface area contributed by atoms with Gasteiger partial charge >= 0.3 is 0 Å². The van der Waals surface area contributed by atoms with Gasteiger partial charge in [-0.25, -0.2) is 0 Å². The third-order valence-corrected chi connectivity index (χ3v) is 3.55. The number of hydrogen-bond donors (Lipinski definition) is 1. The van der Waals surface area contributed by atoms with Crippen molar-refractivity contribution in [2.24, 2.45) is 5.16 Å². The zero-order valence-corrected chi connectivity index (χ0v) is 11.6. The Labute approximate surface area is 121 Å². The van der Waals surface area contributed by atoms with Crippen LogP contribution in [0.2, 0.25) is 5.22 Å². The zero-order valence-electron chi connectivity index (χ0n) is 10.8. The lowest BCUT2D eigenvalue weighted by molar-refractivity contribution is -0.131. The predicted molar refractivity (Wildman–Crippen MR) is 71.7 cm³/mol. The summed E-state index contributed by atoms with van der Waals surface area (Å²) in [5, 5.41) is 6.98. The number of carbonyl (C=O) groups excluding carboxylic acids is 1. The maximum atomic E-state index is 12.0. The van der Waals surface area contributed by atoms with E-state index < -0.39 is 6.10 Å². The molecule has 1 saturated heterocycles. The van der Waals surface area contributed by atoms with E-state index in [1.807, 2.05) is 0 Å². The molecule has 0 aliphatic carbocycles. The van der Waals surface area contributed by atoms with Gasteiger partial charge in [-0.05, 0) is 36.6 Å². The molecule has 0 saturated carbocycles. The first kappa shape index (κ1) is 13.5. The summed E-state index contributed by atoms with van der Waals surface area (Å²) in [6.45, 7) is 1.29. The third kappa shape index (κ3) is 2.96. The predicted octanol–water partition coefficient (Wildman–Crippen LogP) is 1.72. The minimum absolute atomic E-state index is 0.115. The molecule has 3 heterocycles. The molecule has 0 bridgehead atoms. The first-order valence-corrected chi connectivity index (χ1v) is 6.98. The summed E-state index contributed by atoms with van der Waals surface area (Å²) in [6.07, 6.45) is 1.91. The highest BCUT2D eigenvalue weighted by Crippen LogP contribution is 2.21. The second-order valence-corrected chi connectivity index (χ2v) is 5.19. The number of carbonyl (C=O) groups is 1. The van der Waals surface area contributed by atoms with Gasteiger partial charge in [-0.1, -0.05) is 5.16 Å². The molecule has 6 nitrogen and oxygen atoms in total. The fourth-order valence-electron chi connectivity index (χ4n) is 2.27. The zero-order chi connectivity index (χ0) is 13.9. The lowest BCUT2D eigenvalue weighted by Crippen LogP contribution is -2.39. The van der Waals surface area contributed by atoms with Crippen molar-refractivity contribution in [3.8, 4) is 0 Å². The normalized spacial score (nSPS) is 25.4. The van der Waals surface area contributed by atoms with Crippen LogP contribution in [0.15, 0.2) is 21.7 Å². The van der Waals surface area contributed by atoms with Gasteiger partial charge in [-0.15, -0.1) is 0 Å². The van der Waals surface area contributed by atoms with Crippen molar-refractivity contribution in [3.05, 3.63) is 23.1 Å². The molecule has 0 radical (unpaired) electrons. The third-order valence-electron chi connectivity index (χ3n) is 3.35. The molecule has 7 heteroatoms. The fourth-order valence-corrected chi connectivity index (χ4v) is 2.41. The van der Waals surface area contributed by atoms with Gasteiger partial charge in [-0.2, -0.15) is 0 Å². The van der Waals surface area contributed by atoms with Crippen molar-refractivity contribution in [1.82, 2.24) is 5.32 Å². The van der Waals surface area contributed by atoms with Crippen LogP contribution in [0.5, 0.6) is 0 Å². The van der Waals surface area contributed by atoms with Crippen LogP contribution in [0.25, 0.3) is 0 Å². The van der Waals surface area contributed by atoms with E-state index in [1.54, 1.807) is 12.1 Å². The van der Waals surface area contributed by atoms with E-state index in [-0.39, 0.29) is 17.2 Å². The maximum absolute atomic E-state index is 12.0. The highest BCUT2D eigenvalue weighted by Gasteiger charge is 2.30. The number of amides is 1. The second kappa shape index (κ2) is 5.85. The van der Waals surface area contributed by atoms with Crippen LogP contribution in [0.3, 0.4) is 0 Å². The van der Waals surface area contributed by atoms with E-state index in [0.29, 0.717) is 24.4 Å². The van der Waals surface area contributed by atoms with Crippen LogP contribution in [0, 0.1) is 0 Å². The number of rotatable bonds is 4. The van der Waals surface area contributed by atoms with Gasteiger partial charge in [0.05, 0.1) is 6.10 Å². The largest absolute Gasteiger partial charge is 0.443 e. The number of nitrogens with one attached hydrogen (secondary N) is 1. The van der Waals surface area contributed by atoms with Crippen molar-refractivity contribution >= 4 is 23.2 Å². The molecule has 0 unspecified atom stereocenters. The molecule has 1 N–H and O–H groups in total. The van der Waals surface area contributed by atoms with Crippen molar-refractivity contribution in [1.29, 1.82) is 0 Å². The average molecular weight is 299 g/mol. The Morgan fingerprint density at radius 3 is 3.10 bits per heavy atom. The van der Waals surface area contributed by atoms with Crippen molar-refractivity contribution < 1.29 is 18.8 Å². The molecule has 3 rings (SSSR count). The molecule has 108 valence electrons. The minimum atomic E-state index is -0.615. The molecule has 2 aliphatic heterocycles. The van der Waals surface area contributed by atoms with E-state index in [1.165, 1.54) is 0 Å². The number of furan rings is 1. The van der Waals surface area contributed by atoms with Crippen LogP contribution in [0.4, 0.5) is 0 Å². The summed E-state index contributed by atoms with van der Waals surface area (Å²) in [5.74, 6) is 0.348. The Hall–Kier alpha value is -1.53. The SMILES string of the molecule is O=C(NC[C@H]1CCCO1)[C@@H]1CC(c2ccc(Cl)o2)=NO1. The Morgan fingerprint density at radius 2 is 2.40 bits per heavy atom. The van der Waals surface area contributed by atoms with Crippen LogP contribution in [-0.4, -0.2) is 37.0 Å². The molecule has 1 fully saturated rings. The van der Waals surface area contributed by atoms with Gasteiger partial charge in [0, 0.05) is 19.6 Å². The van der Waals surface area contributed by atoms with E-state index >= 15 is 0 Å². The van der Waals surface area contributed by atoms with Crippen molar-refractivity contribution in [2.75, 3.05) is 13.2 Å². The lowest BCUT2D eigenvalue weighted by Gasteiger charge is -2.12. The van der Waals surface area contributed by atoms with Crippen LogP contribution in [0.1, 0.15) is 25.0 Å². The quantitative estimate of drug-likeness (QED) is 0.918. The summed E-state index contributed by atoms with van der Waals surface area (Å²) in [6, 6.07) is 3.33. The van der Waals surface area contributed by atoms with Gasteiger partial charge < -0.3 is 19.3 Å². The molecule has 1 aromatic heterocycles. The molecule has 1 aromatic rings. The Kier molecular flexibility index (Phi) is 3.93. The van der Waals surface area contributed by atoms with Gasteiger partial charge in [0.2, 0.25) is 6.10 Å². The number of oxime groups is 1. The van der Waals surface area contributed by atoms with Crippen molar-refractivity contribution in [3.63, 3.8) is 0 Å². The van der Waals surface area contributed by atoms with Crippen molar-refractivity contribution in [2.45, 2.75) is 31.5 Å². The van der Waals surface area contributed by atoms with E-state index in [0.717, 1.165) is 19.4 Å². The number of nitrogens with zero attached hydrogens (tertiary/aromatic N) is 1. The van der Waals surface area contributed by atoms with Crippen LogP contribution in [-0.2, 0) is 14.4 Å². The molecule has 2 aliphatic rings. The smallest absolute Gasteiger partial charge is 0.264 e. The summed E-state index contributed by atoms with van der Waals surface area (Å²) in [5.41, 5.74) is 0.592. The van der Waals surface area contributed by atoms with Gasteiger partial charge in [0.1, 0.15) is 5.71 Å². The molecule has 0 aromatic carbocycles. The van der Waals surface area contributed by atoms with Gasteiger partial charge in [0.15, 0.2) is 11.0 Å². The summed E-state index contributed by atoms with van der Waals surface area (Å²) in [4.78, 5) is 17.1. The topological polar surface area (TPSA) is 73.1 Å². The highest BCUT2D eigenvalue weighted by atomic mass is 35.5. The Bertz CT molecular complexity index is 522. The number of hydrogen-bond acceptors (Lipinski definition) is 5. The highest BCUT2D eigenvalue weighted by molar-refractivity contribution is 6.29. The van der Waals surface area contributed by atoms with Gasteiger partial charge in [-0.3, -0.25) is 4.79 Å². The molecular formula is C13H15ClN2O4. The maximum Gasteiger partial charge on any atom is 0.264 e. The Morgan fingerprint density at radius 1 is 1.50 bits per heavy atom. The first-order chi connectivity index (χ1) is 9.72. The number of halogens is 1. The fraction of sp³-hybridized carbons (Fsp3) is 0.538. The molecular weight excluding hydrogens is 284 g/mol. The lowest BCUT2D eigenvalue weighted by atomic mass is 10.1. The summed E-state index contributed by atoms with van der Waals surface area (Å²) in [7, 11) is 0. The van der Waals surface area contributed by atoms with E-state index in [2.05, 4.69) is 10.5 Å². The second-order valence-electron chi connectivity index (χ2n) is 4.82. The number of ether oxygens (including phenoxy) is 1. The Balaban J connectivity index is 1.49. The minimum Gasteiger partial charge on any atom is -0.443 e. The first-order valence-electron chi connectivity index (χ1n) is 6.60. The van der Waals surface area contributed by atoms with E-state index in [4.69, 9.17) is 25.6 Å². The standard InChI is InChI=1S/C13H15ClN2O4/c14-12-4-3-10(19-12)9-6-11(20-16-9)13(17)15-7-8-2-1-5-18-8/h3-4,8,11H,1-2,5-7H2,(H,15,17)/t8-,11+/m1/s1. The molecule has 1 amide bonds. The molecule has 20 heavy (non-hydrogen) atoms. The summed E-state index contributed by atoms with van der Waals surface area (Å²) < 4.78 is 10.7.